The molecule has 0 saturated carbocycles. The molecule has 0 bridgehead atoms. The third-order valence-corrected chi connectivity index (χ3v) is 4.91. The van der Waals surface area contributed by atoms with Gasteiger partial charge in [-0.3, -0.25) is 9.59 Å². The fraction of sp³-hybridized carbons (Fsp3) is 0.389. The highest BCUT2D eigenvalue weighted by Gasteiger charge is 2.31. The second-order valence-electron chi connectivity index (χ2n) is 6.53. The number of aromatic nitrogens is 2. The lowest BCUT2D eigenvalue weighted by atomic mass is 9.99. The van der Waals surface area contributed by atoms with Gasteiger partial charge in [0.15, 0.2) is 0 Å². The summed E-state index contributed by atoms with van der Waals surface area (Å²) in [5.74, 6) is 0.920. The van der Waals surface area contributed by atoms with E-state index in [0.29, 0.717) is 31.5 Å². The minimum atomic E-state index is -0.0861. The first-order chi connectivity index (χ1) is 12.1. The van der Waals surface area contributed by atoms with Crippen LogP contribution in [0.5, 0.6) is 0 Å². The predicted molar refractivity (Wildman–Crippen MR) is 93.2 cm³/mol. The van der Waals surface area contributed by atoms with E-state index in [9.17, 15) is 9.59 Å². The molecule has 0 spiro atoms. The molecule has 130 valence electrons. The van der Waals surface area contributed by atoms with E-state index in [-0.39, 0.29) is 17.9 Å². The highest BCUT2D eigenvalue weighted by molar-refractivity contribution is 5.98. The molecular weight excluding hydrogens is 318 g/mol. The summed E-state index contributed by atoms with van der Waals surface area (Å²) in [6.07, 6.45) is 4.79. The molecule has 1 saturated heterocycles. The lowest BCUT2D eigenvalue weighted by Gasteiger charge is -2.36. The van der Waals surface area contributed by atoms with Gasteiger partial charge in [-0.05, 0) is 30.2 Å². The number of rotatable bonds is 2. The second-order valence-corrected chi connectivity index (χ2v) is 6.53. The maximum absolute atomic E-state index is 13.1. The molecule has 1 unspecified atom stereocenters. The number of hydrogen-bond donors (Lipinski definition) is 2. The first-order valence-electron chi connectivity index (χ1n) is 8.55. The summed E-state index contributed by atoms with van der Waals surface area (Å²) >= 11 is 0. The Morgan fingerprint density at radius 2 is 2.20 bits per heavy atom. The van der Waals surface area contributed by atoms with Crippen LogP contribution in [0.4, 0.5) is 5.69 Å². The first-order valence-corrected chi connectivity index (χ1v) is 8.55. The Labute approximate surface area is 146 Å². The van der Waals surface area contributed by atoms with Gasteiger partial charge in [0.1, 0.15) is 11.9 Å². The van der Waals surface area contributed by atoms with Crippen LogP contribution in [0, 0.1) is 0 Å². The summed E-state index contributed by atoms with van der Waals surface area (Å²) in [6, 6.07) is 5.45. The number of nitrogens with zero attached hydrogens (tertiary/aromatic N) is 3. The van der Waals surface area contributed by atoms with E-state index in [1.165, 1.54) is 0 Å². The fourth-order valence-corrected chi connectivity index (χ4v) is 3.56. The minimum Gasteiger partial charge on any atom is -0.336 e. The molecule has 2 aliphatic rings. The standard InChI is InChI=1S/C18H21N5O2/c1-22-8-7-20-17(22)15-11-19-6-9-23(15)18(25)13-2-4-14-12(10-13)3-5-16(24)21-14/h2,4,7-8,10,15,19H,3,5-6,9,11H2,1H3,(H,21,24). The van der Waals surface area contributed by atoms with Crippen LogP contribution in [-0.2, 0) is 18.3 Å². The number of amides is 2. The molecule has 3 heterocycles. The van der Waals surface area contributed by atoms with Crippen molar-refractivity contribution in [2.45, 2.75) is 18.9 Å². The number of imidazole rings is 1. The van der Waals surface area contributed by atoms with Gasteiger partial charge in [0.05, 0.1) is 0 Å². The molecule has 1 atom stereocenters. The Hall–Kier alpha value is -2.67. The number of carbonyl (C=O) groups is 2. The van der Waals surface area contributed by atoms with Crippen LogP contribution in [0.3, 0.4) is 0 Å². The number of fused-ring (bicyclic) bond motifs is 1. The van der Waals surface area contributed by atoms with Gasteiger partial charge in [-0.2, -0.15) is 0 Å². The molecule has 4 rings (SSSR count). The Kier molecular flexibility index (Phi) is 4.01. The third kappa shape index (κ3) is 2.91. The summed E-state index contributed by atoms with van der Waals surface area (Å²) in [5.41, 5.74) is 2.50. The van der Waals surface area contributed by atoms with Crippen LogP contribution in [-0.4, -0.2) is 45.9 Å². The Balaban J connectivity index is 1.63. The van der Waals surface area contributed by atoms with Gasteiger partial charge in [-0.15, -0.1) is 0 Å². The van der Waals surface area contributed by atoms with Crippen LogP contribution in [0.2, 0.25) is 0 Å². The smallest absolute Gasteiger partial charge is 0.254 e. The molecule has 7 nitrogen and oxygen atoms in total. The van der Waals surface area contributed by atoms with Gasteiger partial charge in [-0.25, -0.2) is 4.98 Å². The lowest BCUT2D eigenvalue weighted by molar-refractivity contribution is -0.116. The average Bonchev–Trinajstić information content (AvgIpc) is 3.06. The highest BCUT2D eigenvalue weighted by atomic mass is 16.2. The van der Waals surface area contributed by atoms with Gasteiger partial charge in [0.2, 0.25) is 5.91 Å². The Morgan fingerprint density at radius 1 is 1.32 bits per heavy atom. The van der Waals surface area contributed by atoms with Crippen molar-refractivity contribution >= 4 is 17.5 Å². The van der Waals surface area contributed by atoms with Gasteiger partial charge in [0.25, 0.3) is 5.91 Å². The molecule has 0 radical (unpaired) electrons. The first kappa shape index (κ1) is 15.8. The normalized spacial score (nSPS) is 20.1. The van der Waals surface area contributed by atoms with Crippen LogP contribution in [0.1, 0.15) is 34.2 Å². The number of aryl methyl sites for hydroxylation is 2. The van der Waals surface area contributed by atoms with Crippen molar-refractivity contribution in [3.8, 4) is 0 Å². The van der Waals surface area contributed by atoms with Crippen molar-refractivity contribution in [2.24, 2.45) is 7.05 Å². The molecule has 2 aliphatic heterocycles. The summed E-state index contributed by atoms with van der Waals surface area (Å²) in [4.78, 5) is 31.0. The van der Waals surface area contributed by atoms with Gasteiger partial charge >= 0.3 is 0 Å². The zero-order chi connectivity index (χ0) is 17.4. The highest BCUT2D eigenvalue weighted by Crippen LogP contribution is 2.27. The summed E-state index contributed by atoms with van der Waals surface area (Å²) in [7, 11) is 1.95. The van der Waals surface area contributed by atoms with Gasteiger partial charge < -0.3 is 20.1 Å². The van der Waals surface area contributed by atoms with Crippen molar-refractivity contribution < 1.29 is 9.59 Å². The number of benzene rings is 1. The molecule has 2 aromatic rings. The van der Waals surface area contributed by atoms with Crippen molar-refractivity contribution in [2.75, 3.05) is 25.0 Å². The monoisotopic (exact) mass is 339 g/mol. The van der Waals surface area contributed by atoms with E-state index >= 15 is 0 Å². The van der Waals surface area contributed by atoms with E-state index in [1.807, 2.05) is 34.8 Å². The number of anilines is 1. The minimum absolute atomic E-state index is 0.00852. The van der Waals surface area contributed by atoms with Crippen LogP contribution >= 0.6 is 0 Å². The Bertz CT molecular complexity index is 829. The van der Waals surface area contributed by atoms with Gasteiger partial charge in [0, 0.05) is 56.7 Å². The molecule has 25 heavy (non-hydrogen) atoms. The molecule has 1 aromatic heterocycles. The summed E-state index contributed by atoms with van der Waals surface area (Å²) in [5, 5.41) is 6.20. The quantitative estimate of drug-likeness (QED) is 0.858. The number of carbonyl (C=O) groups excluding carboxylic acids is 2. The average molecular weight is 339 g/mol. The van der Waals surface area contributed by atoms with Crippen LogP contribution in [0.15, 0.2) is 30.6 Å². The number of hydrogen-bond acceptors (Lipinski definition) is 4. The predicted octanol–water partition coefficient (Wildman–Crippen LogP) is 1.09. The molecule has 2 amide bonds. The maximum Gasteiger partial charge on any atom is 0.254 e. The molecule has 2 N–H and O–H groups in total. The summed E-state index contributed by atoms with van der Waals surface area (Å²) in [6.45, 7) is 2.11. The zero-order valence-electron chi connectivity index (χ0n) is 14.2. The van der Waals surface area contributed by atoms with E-state index < -0.39 is 0 Å². The number of piperazine rings is 1. The fourth-order valence-electron chi connectivity index (χ4n) is 3.56. The zero-order valence-corrected chi connectivity index (χ0v) is 14.2. The van der Waals surface area contributed by atoms with Gasteiger partial charge in [-0.1, -0.05) is 0 Å². The van der Waals surface area contributed by atoms with Crippen LogP contribution in [0.25, 0.3) is 0 Å². The SMILES string of the molecule is Cn1ccnc1C1CNCCN1C(=O)c1ccc2c(c1)CCC(=O)N2. The third-order valence-electron chi connectivity index (χ3n) is 4.91. The number of nitrogens with one attached hydrogen (secondary N) is 2. The second kappa shape index (κ2) is 6.33. The van der Waals surface area contributed by atoms with Crippen molar-refractivity contribution in [3.63, 3.8) is 0 Å². The van der Waals surface area contributed by atoms with E-state index in [2.05, 4.69) is 15.6 Å². The molecule has 0 aliphatic carbocycles. The summed E-state index contributed by atoms with van der Waals surface area (Å²) < 4.78 is 1.96. The topological polar surface area (TPSA) is 79.3 Å². The molecular formula is C18H21N5O2. The maximum atomic E-state index is 13.1. The Morgan fingerprint density at radius 3 is 3.00 bits per heavy atom. The van der Waals surface area contributed by atoms with Crippen molar-refractivity contribution in [3.05, 3.63) is 47.5 Å². The van der Waals surface area contributed by atoms with E-state index in [0.717, 1.165) is 23.6 Å². The largest absolute Gasteiger partial charge is 0.336 e. The van der Waals surface area contributed by atoms with E-state index in [4.69, 9.17) is 0 Å². The molecule has 1 aromatic carbocycles. The van der Waals surface area contributed by atoms with E-state index in [1.54, 1.807) is 12.3 Å². The van der Waals surface area contributed by atoms with Crippen LogP contribution < -0.4 is 10.6 Å². The molecule has 7 heteroatoms. The lowest BCUT2D eigenvalue weighted by Crippen LogP contribution is -2.49. The molecule has 1 fully saturated rings. The van der Waals surface area contributed by atoms with Crippen molar-refractivity contribution in [1.29, 1.82) is 0 Å². The van der Waals surface area contributed by atoms with Crippen molar-refractivity contribution in [1.82, 2.24) is 19.8 Å².